The molecule has 0 spiro atoms. The number of hydrogen-bond acceptors (Lipinski definition) is 2. The number of hydrogen-bond donors (Lipinski definition) is 1. The fourth-order valence-electron chi connectivity index (χ4n) is 3.66. The van der Waals surface area contributed by atoms with Gasteiger partial charge in [0.25, 0.3) is 0 Å². The Morgan fingerprint density at radius 1 is 1.06 bits per heavy atom. The molecule has 1 aromatic rings. The van der Waals surface area contributed by atoms with Crippen molar-refractivity contribution in [1.29, 1.82) is 0 Å². The monoisotopic (exact) mass is 230 g/mol. The predicted molar refractivity (Wildman–Crippen MR) is 69.9 cm³/mol. The number of nitrogens with one attached hydrogen (secondary N) is 1. The average molecular weight is 230 g/mol. The van der Waals surface area contributed by atoms with Crippen molar-refractivity contribution in [2.45, 2.75) is 38.0 Å². The minimum atomic E-state index is 0.769. The highest BCUT2D eigenvalue weighted by Gasteiger charge is 2.30. The Kier molecular flexibility index (Phi) is 3.41. The molecule has 1 aliphatic heterocycles. The minimum Gasteiger partial charge on any atom is -0.317 e. The van der Waals surface area contributed by atoms with E-state index in [2.05, 4.69) is 28.6 Å². The van der Waals surface area contributed by atoms with Gasteiger partial charge < -0.3 is 5.32 Å². The van der Waals surface area contributed by atoms with Crippen LogP contribution in [0, 0.1) is 11.8 Å². The van der Waals surface area contributed by atoms with Crippen LogP contribution in [0.1, 0.15) is 43.6 Å². The average Bonchev–Trinajstić information content (AvgIpc) is 2.37. The third-order valence-corrected chi connectivity index (χ3v) is 4.52. The molecule has 2 aliphatic rings. The van der Waals surface area contributed by atoms with Crippen LogP contribution in [0.5, 0.6) is 0 Å². The maximum atomic E-state index is 4.28. The highest BCUT2D eigenvalue weighted by molar-refractivity contribution is 5.16. The van der Waals surface area contributed by atoms with E-state index < -0.39 is 0 Å². The fraction of sp³-hybridized carbons (Fsp3) is 0.667. The molecule has 17 heavy (non-hydrogen) atoms. The zero-order valence-electron chi connectivity index (χ0n) is 10.4. The van der Waals surface area contributed by atoms with Crippen molar-refractivity contribution in [3.63, 3.8) is 0 Å². The molecule has 1 saturated heterocycles. The van der Waals surface area contributed by atoms with Crippen molar-refractivity contribution in [2.75, 3.05) is 13.1 Å². The van der Waals surface area contributed by atoms with Crippen LogP contribution in [0.25, 0.3) is 0 Å². The SMILES string of the molecule is c1cncc(C2CC3CCNCCC(C3)C2)c1. The Bertz CT molecular complexity index is 335. The molecule has 2 nitrogen and oxygen atoms in total. The second-order valence-corrected chi connectivity index (χ2v) is 5.75. The Morgan fingerprint density at radius 2 is 1.82 bits per heavy atom. The lowest BCUT2D eigenvalue weighted by molar-refractivity contribution is 0.202. The molecule has 1 aliphatic carbocycles. The molecule has 2 bridgehead atoms. The lowest BCUT2D eigenvalue weighted by Crippen LogP contribution is -2.31. The van der Waals surface area contributed by atoms with Crippen molar-refractivity contribution in [3.05, 3.63) is 30.1 Å². The molecule has 1 N–H and O–H groups in total. The van der Waals surface area contributed by atoms with Gasteiger partial charge in [0.2, 0.25) is 0 Å². The van der Waals surface area contributed by atoms with E-state index in [0.717, 1.165) is 17.8 Å². The second kappa shape index (κ2) is 5.18. The first kappa shape index (κ1) is 11.2. The molecule has 92 valence electrons. The highest BCUT2D eigenvalue weighted by Crippen LogP contribution is 2.42. The number of rotatable bonds is 1. The summed E-state index contributed by atoms with van der Waals surface area (Å²) in [5, 5.41) is 3.56. The lowest BCUT2D eigenvalue weighted by atomic mass is 9.70. The molecule has 1 saturated carbocycles. The van der Waals surface area contributed by atoms with Gasteiger partial charge in [0.1, 0.15) is 0 Å². The van der Waals surface area contributed by atoms with Gasteiger partial charge in [-0.2, -0.15) is 0 Å². The fourth-order valence-corrected chi connectivity index (χ4v) is 3.66. The van der Waals surface area contributed by atoms with E-state index in [9.17, 15) is 0 Å². The van der Waals surface area contributed by atoms with Crippen LogP contribution in [0.2, 0.25) is 0 Å². The van der Waals surface area contributed by atoms with Gasteiger partial charge in [-0.05, 0) is 74.6 Å². The van der Waals surface area contributed by atoms with Crippen LogP contribution in [-0.4, -0.2) is 18.1 Å². The zero-order chi connectivity index (χ0) is 11.5. The van der Waals surface area contributed by atoms with Crippen LogP contribution in [0.3, 0.4) is 0 Å². The molecule has 2 fully saturated rings. The predicted octanol–water partition coefficient (Wildman–Crippen LogP) is 2.96. The number of nitrogens with zero attached hydrogens (tertiary/aromatic N) is 1. The molecule has 2 unspecified atom stereocenters. The molecule has 0 amide bonds. The molecule has 2 heteroatoms. The summed E-state index contributed by atoms with van der Waals surface area (Å²) in [4.78, 5) is 4.28. The first-order valence-corrected chi connectivity index (χ1v) is 7.02. The van der Waals surface area contributed by atoms with E-state index in [1.807, 2.05) is 6.20 Å². The van der Waals surface area contributed by atoms with Crippen molar-refractivity contribution in [3.8, 4) is 0 Å². The highest BCUT2D eigenvalue weighted by atomic mass is 14.8. The smallest absolute Gasteiger partial charge is 0.0302 e. The summed E-state index contributed by atoms with van der Waals surface area (Å²) < 4.78 is 0. The van der Waals surface area contributed by atoms with E-state index in [4.69, 9.17) is 0 Å². The Hall–Kier alpha value is -0.890. The maximum absolute atomic E-state index is 4.28. The molecule has 2 atom stereocenters. The van der Waals surface area contributed by atoms with Crippen LogP contribution < -0.4 is 5.32 Å². The zero-order valence-corrected chi connectivity index (χ0v) is 10.4. The van der Waals surface area contributed by atoms with Crippen molar-refractivity contribution < 1.29 is 0 Å². The van der Waals surface area contributed by atoms with Crippen LogP contribution in [-0.2, 0) is 0 Å². The second-order valence-electron chi connectivity index (χ2n) is 5.75. The minimum absolute atomic E-state index is 0.769. The van der Waals surface area contributed by atoms with Crippen molar-refractivity contribution in [1.82, 2.24) is 10.3 Å². The standard InChI is InChI=1S/C15H22N2/c1-2-14(11-17-5-1)15-9-12-3-6-16-7-4-13(8-12)10-15/h1-2,5,11-13,15-16H,3-4,6-10H2. The van der Waals surface area contributed by atoms with Gasteiger partial charge in [0.15, 0.2) is 0 Å². The molecule has 1 aromatic heterocycles. The summed E-state index contributed by atoms with van der Waals surface area (Å²) in [6.45, 7) is 2.44. The van der Waals surface area contributed by atoms with Crippen LogP contribution >= 0.6 is 0 Å². The van der Waals surface area contributed by atoms with Gasteiger partial charge in [-0.1, -0.05) is 6.07 Å². The normalized spacial score (nSPS) is 33.8. The van der Waals surface area contributed by atoms with E-state index >= 15 is 0 Å². The van der Waals surface area contributed by atoms with Gasteiger partial charge in [0, 0.05) is 12.4 Å². The third-order valence-electron chi connectivity index (χ3n) is 4.52. The van der Waals surface area contributed by atoms with Crippen molar-refractivity contribution in [2.24, 2.45) is 11.8 Å². The summed E-state index contributed by atoms with van der Waals surface area (Å²) in [5.41, 5.74) is 1.47. The van der Waals surface area contributed by atoms with E-state index in [1.165, 1.54) is 50.8 Å². The van der Waals surface area contributed by atoms with Gasteiger partial charge in [-0.15, -0.1) is 0 Å². The number of fused-ring (bicyclic) bond motifs is 2. The topological polar surface area (TPSA) is 24.9 Å². The Labute approximate surface area is 104 Å². The quantitative estimate of drug-likeness (QED) is 0.802. The largest absolute Gasteiger partial charge is 0.317 e. The third kappa shape index (κ3) is 2.68. The van der Waals surface area contributed by atoms with Gasteiger partial charge in [0.05, 0.1) is 0 Å². The first-order chi connectivity index (χ1) is 8.42. The molecular weight excluding hydrogens is 208 g/mol. The van der Waals surface area contributed by atoms with E-state index in [-0.39, 0.29) is 0 Å². The van der Waals surface area contributed by atoms with E-state index in [0.29, 0.717) is 0 Å². The number of pyridine rings is 1. The van der Waals surface area contributed by atoms with Gasteiger partial charge >= 0.3 is 0 Å². The maximum Gasteiger partial charge on any atom is 0.0302 e. The summed E-state index contributed by atoms with van der Waals surface area (Å²) in [5.74, 6) is 2.64. The summed E-state index contributed by atoms with van der Waals surface area (Å²) in [7, 11) is 0. The first-order valence-electron chi connectivity index (χ1n) is 7.02. The van der Waals surface area contributed by atoms with Gasteiger partial charge in [-0.3, -0.25) is 4.98 Å². The summed E-state index contributed by atoms with van der Waals surface area (Å²) in [6, 6.07) is 4.35. The molecule has 0 aromatic carbocycles. The Balaban J connectivity index is 1.74. The summed E-state index contributed by atoms with van der Waals surface area (Å²) >= 11 is 0. The van der Waals surface area contributed by atoms with E-state index in [1.54, 1.807) is 0 Å². The van der Waals surface area contributed by atoms with Crippen LogP contribution in [0.15, 0.2) is 24.5 Å². The Morgan fingerprint density at radius 3 is 2.47 bits per heavy atom. The lowest BCUT2D eigenvalue weighted by Gasteiger charge is -2.37. The molecule has 3 rings (SSSR count). The summed E-state index contributed by atoms with van der Waals surface area (Å²) in [6.07, 6.45) is 10.9. The van der Waals surface area contributed by atoms with Gasteiger partial charge in [-0.25, -0.2) is 0 Å². The molecule has 0 radical (unpaired) electrons. The number of aromatic nitrogens is 1. The van der Waals surface area contributed by atoms with Crippen LogP contribution in [0.4, 0.5) is 0 Å². The molecule has 2 heterocycles. The van der Waals surface area contributed by atoms with Crippen molar-refractivity contribution >= 4 is 0 Å². The molecular formula is C15H22N2.